The van der Waals surface area contributed by atoms with E-state index in [2.05, 4.69) is 0 Å². The highest BCUT2D eigenvalue weighted by molar-refractivity contribution is 5.67. The summed E-state index contributed by atoms with van der Waals surface area (Å²) in [5.74, 6) is 3.56. The zero-order chi connectivity index (χ0) is 34.7. The Bertz CT molecular complexity index is 1460. The van der Waals surface area contributed by atoms with Crippen molar-refractivity contribution < 1.29 is 52.2 Å². The maximum atomic E-state index is 12.2. The maximum absolute atomic E-state index is 12.2. The highest BCUT2D eigenvalue weighted by Crippen LogP contribution is 2.45. The Morgan fingerprint density at radius 3 is 1.51 bits per heavy atom. The summed E-state index contributed by atoms with van der Waals surface area (Å²) in [6.45, 7) is 7.00. The van der Waals surface area contributed by atoms with Gasteiger partial charge in [-0.2, -0.15) is 0 Å². The second kappa shape index (κ2) is 17.1. The molecular weight excluding hydrogens is 608 g/mol. The topological polar surface area (TPSA) is 109 Å². The Kier molecular flexibility index (Phi) is 13.3. The summed E-state index contributed by atoms with van der Waals surface area (Å²) in [5, 5.41) is 0. The van der Waals surface area contributed by atoms with Crippen LogP contribution < -0.4 is 42.6 Å². The second-order valence-electron chi connectivity index (χ2n) is 10.5. The lowest BCUT2D eigenvalue weighted by molar-refractivity contribution is -0.151. The summed E-state index contributed by atoms with van der Waals surface area (Å²) in [4.78, 5) is 12.2. The second-order valence-corrected chi connectivity index (χ2v) is 10.5. The van der Waals surface area contributed by atoms with Gasteiger partial charge in [-0.15, -0.1) is 0 Å². The quantitative estimate of drug-likeness (QED) is 0.142. The van der Waals surface area contributed by atoms with Crippen molar-refractivity contribution in [2.45, 2.75) is 52.4 Å². The molecule has 0 aliphatic heterocycles. The number of carbonyl (C=O) groups excluding carboxylic acids is 1. The largest absolute Gasteiger partial charge is 0.493 e. The van der Waals surface area contributed by atoms with E-state index in [9.17, 15) is 4.79 Å². The van der Waals surface area contributed by atoms with Gasteiger partial charge in [0.25, 0.3) is 0 Å². The number of ether oxygens (including phenoxy) is 10. The normalized spacial score (nSPS) is 12.8. The summed E-state index contributed by atoms with van der Waals surface area (Å²) in [5.41, 5.74) is 2.38. The minimum Gasteiger partial charge on any atom is -0.493 e. The van der Waals surface area contributed by atoms with Crippen molar-refractivity contribution in [2.75, 3.05) is 49.8 Å². The van der Waals surface area contributed by atoms with Gasteiger partial charge >= 0.3 is 5.97 Å². The van der Waals surface area contributed by atoms with E-state index in [1.165, 1.54) is 28.3 Å². The molecule has 0 amide bonds. The lowest BCUT2D eigenvalue weighted by Crippen LogP contribution is -2.26. The molecule has 0 N–H and O–H groups in total. The van der Waals surface area contributed by atoms with Crippen LogP contribution in [-0.4, -0.2) is 67.9 Å². The lowest BCUT2D eigenvalue weighted by Gasteiger charge is -2.27. The van der Waals surface area contributed by atoms with Crippen LogP contribution in [0.3, 0.4) is 0 Å². The zero-order valence-electron chi connectivity index (χ0n) is 29.0. The minimum absolute atomic E-state index is 0.293. The van der Waals surface area contributed by atoms with Gasteiger partial charge < -0.3 is 47.4 Å². The van der Waals surface area contributed by atoms with Crippen LogP contribution in [0.15, 0.2) is 42.5 Å². The molecule has 0 fully saturated rings. The van der Waals surface area contributed by atoms with Crippen LogP contribution >= 0.6 is 0 Å². The van der Waals surface area contributed by atoms with Crippen molar-refractivity contribution in [1.82, 2.24) is 0 Å². The van der Waals surface area contributed by atoms with Crippen LogP contribution in [0.4, 0.5) is 0 Å². The molecular formula is C36H46O11. The summed E-state index contributed by atoms with van der Waals surface area (Å²) >= 11 is 0. The molecule has 3 aromatic carbocycles. The average Bonchev–Trinajstić information content (AvgIpc) is 3.06. The summed E-state index contributed by atoms with van der Waals surface area (Å²) in [6, 6.07) is 10.9. The number of carbonyl (C=O) groups is 1. The van der Waals surface area contributed by atoms with E-state index in [-0.39, 0.29) is 6.10 Å². The molecule has 47 heavy (non-hydrogen) atoms. The smallest absolute Gasteiger partial charge is 0.303 e. The fraction of sp³-hybridized carbons (Fsp3) is 0.417. The Labute approximate surface area is 277 Å². The predicted molar refractivity (Wildman–Crippen MR) is 178 cm³/mol. The third-order valence-corrected chi connectivity index (χ3v) is 7.24. The molecule has 0 heterocycles. The number of allylic oxidation sites excluding steroid dienone is 1. The van der Waals surface area contributed by atoms with Gasteiger partial charge in [0.1, 0.15) is 12.2 Å². The van der Waals surface area contributed by atoms with Gasteiger partial charge in [0.2, 0.25) is 17.2 Å². The third kappa shape index (κ3) is 8.87. The van der Waals surface area contributed by atoms with Crippen molar-refractivity contribution in [3.05, 3.63) is 59.2 Å². The molecule has 1 unspecified atom stereocenters. The Morgan fingerprint density at radius 1 is 0.638 bits per heavy atom. The predicted octanol–water partition coefficient (Wildman–Crippen LogP) is 6.86. The van der Waals surface area contributed by atoms with Crippen LogP contribution in [0.25, 0.3) is 6.08 Å². The Hall–Kier alpha value is -4.93. The van der Waals surface area contributed by atoms with Gasteiger partial charge in [-0.05, 0) is 68.3 Å². The molecule has 0 aliphatic rings. The number of rotatable bonds is 17. The molecule has 0 aliphatic carbocycles. The van der Waals surface area contributed by atoms with Gasteiger partial charge in [-0.25, -0.2) is 0 Å². The molecule has 256 valence electrons. The molecule has 3 atom stereocenters. The number of esters is 1. The number of benzene rings is 3. The van der Waals surface area contributed by atoms with Gasteiger partial charge in [-0.1, -0.05) is 12.2 Å². The number of hydrogen-bond acceptors (Lipinski definition) is 11. The van der Waals surface area contributed by atoms with Crippen LogP contribution in [0, 0.1) is 0 Å². The van der Waals surface area contributed by atoms with Crippen LogP contribution in [0.1, 0.15) is 50.5 Å². The molecule has 3 rings (SSSR count). The number of methoxy groups -OCH3 is 7. The fourth-order valence-corrected chi connectivity index (χ4v) is 5.18. The van der Waals surface area contributed by atoms with Crippen molar-refractivity contribution in [1.29, 1.82) is 0 Å². The van der Waals surface area contributed by atoms with E-state index >= 15 is 0 Å². The van der Waals surface area contributed by atoms with Crippen molar-refractivity contribution in [3.63, 3.8) is 0 Å². The average molecular weight is 655 g/mol. The first-order chi connectivity index (χ1) is 22.6. The van der Waals surface area contributed by atoms with Crippen LogP contribution in [0.5, 0.6) is 51.7 Å². The van der Waals surface area contributed by atoms with E-state index in [1.54, 1.807) is 47.5 Å². The van der Waals surface area contributed by atoms with Crippen molar-refractivity contribution in [3.8, 4) is 51.7 Å². The van der Waals surface area contributed by atoms with E-state index in [1.807, 2.05) is 50.3 Å². The zero-order valence-corrected chi connectivity index (χ0v) is 29.0. The van der Waals surface area contributed by atoms with Crippen molar-refractivity contribution in [2.24, 2.45) is 0 Å². The summed E-state index contributed by atoms with van der Waals surface area (Å²) in [7, 11) is 10.8. The first kappa shape index (κ1) is 36.5. The van der Waals surface area contributed by atoms with Gasteiger partial charge in [-0.3, -0.25) is 4.79 Å². The van der Waals surface area contributed by atoms with Gasteiger partial charge in [0.05, 0.1) is 49.8 Å². The monoisotopic (exact) mass is 654 g/mol. The molecule has 0 radical (unpaired) electrons. The van der Waals surface area contributed by atoms with Gasteiger partial charge in [0, 0.05) is 18.9 Å². The van der Waals surface area contributed by atoms with Crippen LogP contribution in [0.2, 0.25) is 0 Å². The number of hydrogen-bond donors (Lipinski definition) is 0. The van der Waals surface area contributed by atoms with E-state index in [0.717, 1.165) is 11.1 Å². The highest BCUT2D eigenvalue weighted by Gasteiger charge is 2.30. The summed E-state index contributed by atoms with van der Waals surface area (Å²) < 4.78 is 57.7. The SMILES string of the molecule is C/C=C/c1cc(OC)c(OC(C)Cc2cc(OC)c(O[C@@H](C)[C@H](OC(C)=O)c3cc(OC)c(OC)c(OC)c3)c(OC)c2)c(OC)c1. The Morgan fingerprint density at radius 2 is 1.09 bits per heavy atom. The first-order valence-corrected chi connectivity index (χ1v) is 15.0. The molecule has 3 aromatic rings. The highest BCUT2D eigenvalue weighted by atomic mass is 16.6. The van der Waals surface area contributed by atoms with E-state index in [4.69, 9.17) is 47.4 Å². The fourth-order valence-electron chi connectivity index (χ4n) is 5.18. The molecule has 11 nitrogen and oxygen atoms in total. The van der Waals surface area contributed by atoms with E-state index < -0.39 is 18.2 Å². The summed E-state index contributed by atoms with van der Waals surface area (Å²) in [6.07, 6.45) is 2.54. The standard InChI is InChI=1S/C36H46O11/c1-12-13-24-15-27(38-5)35(28(16-24)39-6)45-21(2)14-25-17-29(40-7)36(30(18-25)41-8)46-22(3)33(47-23(4)37)26-19-31(42-9)34(44-11)32(20-26)43-10/h12-13,15-22,33H,14H2,1-11H3/b13-12+/t21?,22-,33-/m0/s1. The van der Waals surface area contributed by atoms with Crippen molar-refractivity contribution >= 4 is 12.0 Å². The maximum Gasteiger partial charge on any atom is 0.303 e. The van der Waals surface area contributed by atoms with E-state index in [0.29, 0.717) is 63.7 Å². The molecule has 0 aromatic heterocycles. The minimum atomic E-state index is -0.854. The third-order valence-electron chi connectivity index (χ3n) is 7.24. The first-order valence-electron chi connectivity index (χ1n) is 15.0. The molecule has 0 spiro atoms. The molecule has 0 saturated carbocycles. The molecule has 0 bridgehead atoms. The lowest BCUT2D eigenvalue weighted by atomic mass is 10.0. The molecule has 11 heteroatoms. The van der Waals surface area contributed by atoms with Gasteiger partial charge in [0.15, 0.2) is 40.6 Å². The Balaban J connectivity index is 1.94. The van der Waals surface area contributed by atoms with Crippen LogP contribution in [-0.2, 0) is 16.0 Å². The molecule has 0 saturated heterocycles.